The van der Waals surface area contributed by atoms with Crippen molar-refractivity contribution in [1.82, 2.24) is 9.97 Å². The van der Waals surface area contributed by atoms with Gasteiger partial charge in [0.2, 0.25) is 0 Å². The lowest BCUT2D eigenvalue weighted by Crippen LogP contribution is -2.01. The van der Waals surface area contributed by atoms with Gasteiger partial charge in [-0.2, -0.15) is 0 Å². The van der Waals surface area contributed by atoms with E-state index in [1.54, 1.807) is 12.1 Å². The van der Waals surface area contributed by atoms with Crippen molar-refractivity contribution >= 4 is 17.0 Å². The number of aromatic nitrogens is 2. The molecule has 0 aliphatic rings. The van der Waals surface area contributed by atoms with Gasteiger partial charge in [-0.15, -0.1) is 0 Å². The lowest BCUT2D eigenvalue weighted by atomic mass is 10.2. The highest BCUT2D eigenvalue weighted by atomic mass is 16.5. The van der Waals surface area contributed by atoms with E-state index in [9.17, 15) is 4.79 Å². The monoisotopic (exact) mass is 233 g/mol. The van der Waals surface area contributed by atoms with Gasteiger partial charge in [0.25, 0.3) is 0 Å². The molecule has 5 heteroatoms. The number of methoxy groups -OCH3 is 1. The number of fused-ring (bicyclic) bond motifs is 1. The molecule has 0 saturated heterocycles. The highest BCUT2D eigenvalue weighted by molar-refractivity contribution is 5.93. The lowest BCUT2D eigenvalue weighted by Gasteiger charge is -1.97. The van der Waals surface area contributed by atoms with Crippen LogP contribution in [0.5, 0.6) is 0 Å². The summed E-state index contributed by atoms with van der Waals surface area (Å²) in [4.78, 5) is 19.0. The zero-order valence-corrected chi connectivity index (χ0v) is 9.69. The maximum Gasteiger partial charge on any atom is 0.337 e. The number of nitrogens with two attached hydrogens (primary N) is 1. The van der Waals surface area contributed by atoms with E-state index in [-0.39, 0.29) is 5.97 Å². The van der Waals surface area contributed by atoms with Crippen LogP contribution in [0.4, 0.5) is 0 Å². The Balaban J connectivity index is 2.31. The number of esters is 1. The fourth-order valence-electron chi connectivity index (χ4n) is 1.70. The molecule has 0 spiro atoms. The van der Waals surface area contributed by atoms with E-state index in [0.717, 1.165) is 29.7 Å². The van der Waals surface area contributed by atoms with Gasteiger partial charge in [0, 0.05) is 6.42 Å². The second-order valence-corrected chi connectivity index (χ2v) is 3.80. The molecule has 3 N–H and O–H groups in total. The van der Waals surface area contributed by atoms with Crippen molar-refractivity contribution < 1.29 is 9.53 Å². The summed E-state index contributed by atoms with van der Waals surface area (Å²) in [5, 5.41) is 0. The fraction of sp³-hybridized carbons (Fsp3) is 0.333. The predicted molar refractivity (Wildman–Crippen MR) is 64.8 cm³/mol. The number of nitrogens with zero attached hydrogens (tertiary/aromatic N) is 1. The SMILES string of the molecule is COC(=O)c1ccc2nc(CCCN)[nH]c2c1. The molecule has 90 valence electrons. The van der Waals surface area contributed by atoms with Crippen LogP contribution in [0, 0.1) is 0 Å². The van der Waals surface area contributed by atoms with E-state index in [4.69, 9.17) is 5.73 Å². The quantitative estimate of drug-likeness (QED) is 0.778. The third-order valence-corrected chi connectivity index (χ3v) is 2.57. The molecular formula is C12H15N3O2. The third kappa shape index (κ3) is 2.45. The van der Waals surface area contributed by atoms with Gasteiger partial charge in [0.1, 0.15) is 5.82 Å². The maximum atomic E-state index is 11.4. The topological polar surface area (TPSA) is 81.0 Å². The first-order valence-electron chi connectivity index (χ1n) is 5.51. The molecule has 0 radical (unpaired) electrons. The van der Waals surface area contributed by atoms with Gasteiger partial charge in [0.15, 0.2) is 0 Å². The molecule has 1 aromatic heterocycles. The van der Waals surface area contributed by atoms with Gasteiger partial charge in [-0.1, -0.05) is 0 Å². The second-order valence-electron chi connectivity index (χ2n) is 3.80. The summed E-state index contributed by atoms with van der Waals surface area (Å²) in [5.74, 6) is 0.553. The molecule has 5 nitrogen and oxygen atoms in total. The minimum Gasteiger partial charge on any atom is -0.465 e. The van der Waals surface area contributed by atoms with Gasteiger partial charge in [-0.3, -0.25) is 0 Å². The van der Waals surface area contributed by atoms with E-state index in [1.807, 2.05) is 6.07 Å². The predicted octanol–water partition coefficient (Wildman–Crippen LogP) is 1.24. The summed E-state index contributed by atoms with van der Waals surface area (Å²) in [6.07, 6.45) is 1.71. The molecule has 1 heterocycles. The summed E-state index contributed by atoms with van der Waals surface area (Å²) < 4.78 is 4.67. The van der Waals surface area contributed by atoms with Crippen molar-refractivity contribution in [2.45, 2.75) is 12.8 Å². The molecular weight excluding hydrogens is 218 g/mol. The van der Waals surface area contributed by atoms with Crippen LogP contribution >= 0.6 is 0 Å². The van der Waals surface area contributed by atoms with Crippen molar-refractivity contribution in [3.05, 3.63) is 29.6 Å². The maximum absolute atomic E-state index is 11.4. The van der Waals surface area contributed by atoms with Crippen molar-refractivity contribution in [3.8, 4) is 0 Å². The number of carbonyl (C=O) groups excluding carboxylic acids is 1. The first kappa shape index (κ1) is 11.6. The van der Waals surface area contributed by atoms with Crippen molar-refractivity contribution in [2.24, 2.45) is 5.73 Å². The Morgan fingerprint density at radius 1 is 1.53 bits per heavy atom. The Bertz CT molecular complexity index is 534. The number of aryl methyl sites for hydroxylation is 1. The molecule has 0 saturated carbocycles. The van der Waals surface area contributed by atoms with Gasteiger partial charge in [0.05, 0.1) is 23.7 Å². The normalized spacial score (nSPS) is 10.7. The molecule has 17 heavy (non-hydrogen) atoms. The molecule has 0 fully saturated rings. The summed E-state index contributed by atoms with van der Waals surface area (Å²) in [5.41, 5.74) is 7.67. The van der Waals surface area contributed by atoms with Crippen molar-refractivity contribution in [2.75, 3.05) is 13.7 Å². The van der Waals surface area contributed by atoms with Crippen LogP contribution in [0.15, 0.2) is 18.2 Å². The van der Waals surface area contributed by atoms with Crippen LogP contribution in [0.25, 0.3) is 11.0 Å². The molecule has 0 aliphatic carbocycles. The molecule has 0 amide bonds. The second kappa shape index (κ2) is 4.97. The Labute approximate surface area is 99.0 Å². The van der Waals surface area contributed by atoms with Crippen LogP contribution in [0.2, 0.25) is 0 Å². The number of carbonyl (C=O) groups is 1. The van der Waals surface area contributed by atoms with Gasteiger partial charge in [-0.25, -0.2) is 9.78 Å². The molecule has 0 aliphatic heterocycles. The van der Waals surface area contributed by atoms with E-state index < -0.39 is 0 Å². The molecule has 2 rings (SSSR count). The lowest BCUT2D eigenvalue weighted by molar-refractivity contribution is 0.0601. The Morgan fingerprint density at radius 2 is 2.35 bits per heavy atom. The minimum atomic E-state index is -0.343. The first-order valence-corrected chi connectivity index (χ1v) is 5.51. The molecule has 1 aromatic carbocycles. The number of hydrogen-bond donors (Lipinski definition) is 2. The Hall–Kier alpha value is -1.88. The number of imidazole rings is 1. The number of ether oxygens (including phenoxy) is 1. The molecule has 0 unspecified atom stereocenters. The fourth-order valence-corrected chi connectivity index (χ4v) is 1.70. The smallest absolute Gasteiger partial charge is 0.337 e. The minimum absolute atomic E-state index is 0.343. The molecule has 2 aromatic rings. The summed E-state index contributed by atoms with van der Waals surface area (Å²) in [6.45, 7) is 0.643. The Kier molecular flexibility index (Phi) is 3.39. The summed E-state index contributed by atoms with van der Waals surface area (Å²) in [7, 11) is 1.37. The van der Waals surface area contributed by atoms with Crippen LogP contribution in [0.1, 0.15) is 22.6 Å². The average molecular weight is 233 g/mol. The zero-order valence-electron chi connectivity index (χ0n) is 9.69. The zero-order chi connectivity index (χ0) is 12.3. The standard InChI is InChI=1S/C12H15N3O2/c1-17-12(16)8-4-5-9-10(7-8)15-11(14-9)3-2-6-13/h4-5,7H,2-3,6,13H2,1H3,(H,14,15). The van der Waals surface area contributed by atoms with Gasteiger partial charge >= 0.3 is 5.97 Å². The van der Waals surface area contributed by atoms with E-state index >= 15 is 0 Å². The molecule has 0 bridgehead atoms. The number of hydrogen-bond acceptors (Lipinski definition) is 4. The number of nitrogens with one attached hydrogen (secondary N) is 1. The highest BCUT2D eigenvalue weighted by Crippen LogP contribution is 2.15. The van der Waals surface area contributed by atoms with Crippen LogP contribution in [-0.4, -0.2) is 29.6 Å². The number of H-pyrrole nitrogens is 1. The van der Waals surface area contributed by atoms with Gasteiger partial charge < -0.3 is 15.5 Å². The van der Waals surface area contributed by atoms with Crippen LogP contribution in [0.3, 0.4) is 0 Å². The largest absolute Gasteiger partial charge is 0.465 e. The van der Waals surface area contributed by atoms with Crippen LogP contribution < -0.4 is 5.73 Å². The summed E-state index contributed by atoms with van der Waals surface area (Å²) >= 11 is 0. The van der Waals surface area contributed by atoms with E-state index in [1.165, 1.54) is 7.11 Å². The average Bonchev–Trinajstić information content (AvgIpc) is 2.76. The number of rotatable bonds is 4. The van der Waals surface area contributed by atoms with Crippen LogP contribution in [-0.2, 0) is 11.2 Å². The van der Waals surface area contributed by atoms with E-state index in [0.29, 0.717) is 12.1 Å². The third-order valence-electron chi connectivity index (χ3n) is 2.57. The first-order chi connectivity index (χ1) is 8.24. The van der Waals surface area contributed by atoms with Gasteiger partial charge in [-0.05, 0) is 31.2 Å². The van der Waals surface area contributed by atoms with Crippen molar-refractivity contribution in [1.29, 1.82) is 0 Å². The highest BCUT2D eigenvalue weighted by Gasteiger charge is 2.08. The molecule has 0 atom stereocenters. The van der Waals surface area contributed by atoms with E-state index in [2.05, 4.69) is 14.7 Å². The Morgan fingerprint density at radius 3 is 3.06 bits per heavy atom. The van der Waals surface area contributed by atoms with Crippen molar-refractivity contribution in [3.63, 3.8) is 0 Å². The number of aromatic amines is 1. The summed E-state index contributed by atoms with van der Waals surface area (Å²) in [6, 6.07) is 5.27. The number of benzene rings is 1.